The van der Waals surface area contributed by atoms with E-state index in [2.05, 4.69) is 84.2 Å². The fourth-order valence-electron chi connectivity index (χ4n) is 3.52. The van der Waals surface area contributed by atoms with E-state index in [9.17, 15) is 0 Å². The SMILES string of the molecule is c1ccc(-c2ccc(O[C@@H](c3ccccc3)[C@H]3CCNC3)cc2)cc1. The highest BCUT2D eigenvalue weighted by Gasteiger charge is 2.27. The molecule has 3 aromatic rings. The molecule has 0 aromatic heterocycles. The molecule has 2 atom stereocenters. The highest BCUT2D eigenvalue weighted by Crippen LogP contribution is 2.32. The van der Waals surface area contributed by atoms with Crippen molar-refractivity contribution in [1.29, 1.82) is 0 Å². The van der Waals surface area contributed by atoms with Gasteiger partial charge in [0.1, 0.15) is 11.9 Å². The molecule has 1 heterocycles. The summed E-state index contributed by atoms with van der Waals surface area (Å²) in [6, 6.07) is 29.5. The van der Waals surface area contributed by atoms with Gasteiger partial charge in [0.25, 0.3) is 0 Å². The summed E-state index contributed by atoms with van der Waals surface area (Å²) in [5, 5.41) is 3.46. The Labute approximate surface area is 149 Å². The number of hydrogen-bond donors (Lipinski definition) is 1. The topological polar surface area (TPSA) is 21.3 Å². The molecular formula is C23H23NO. The molecule has 0 unspecified atom stereocenters. The van der Waals surface area contributed by atoms with Gasteiger partial charge < -0.3 is 10.1 Å². The van der Waals surface area contributed by atoms with Crippen LogP contribution in [0.2, 0.25) is 0 Å². The van der Waals surface area contributed by atoms with E-state index in [1.54, 1.807) is 0 Å². The van der Waals surface area contributed by atoms with Gasteiger partial charge in [0.2, 0.25) is 0 Å². The molecule has 0 amide bonds. The Morgan fingerprint density at radius 3 is 2.04 bits per heavy atom. The lowest BCUT2D eigenvalue weighted by atomic mass is 9.95. The minimum absolute atomic E-state index is 0.0961. The van der Waals surface area contributed by atoms with Crippen LogP contribution in [0.25, 0.3) is 11.1 Å². The van der Waals surface area contributed by atoms with Gasteiger partial charge in [-0.05, 0) is 41.8 Å². The highest BCUT2D eigenvalue weighted by molar-refractivity contribution is 5.63. The third-order valence-corrected chi connectivity index (χ3v) is 4.88. The Morgan fingerprint density at radius 2 is 1.40 bits per heavy atom. The summed E-state index contributed by atoms with van der Waals surface area (Å²) in [5.74, 6) is 1.44. The molecule has 126 valence electrons. The maximum atomic E-state index is 6.44. The van der Waals surface area contributed by atoms with Crippen LogP contribution in [0.5, 0.6) is 5.75 Å². The van der Waals surface area contributed by atoms with Gasteiger partial charge in [-0.3, -0.25) is 0 Å². The van der Waals surface area contributed by atoms with Crippen LogP contribution in [0, 0.1) is 5.92 Å². The Balaban J connectivity index is 1.55. The van der Waals surface area contributed by atoms with Gasteiger partial charge in [-0.15, -0.1) is 0 Å². The van der Waals surface area contributed by atoms with Crippen LogP contribution >= 0.6 is 0 Å². The van der Waals surface area contributed by atoms with Crippen LogP contribution in [-0.4, -0.2) is 13.1 Å². The van der Waals surface area contributed by atoms with Crippen LogP contribution in [-0.2, 0) is 0 Å². The monoisotopic (exact) mass is 329 g/mol. The lowest BCUT2D eigenvalue weighted by Gasteiger charge is -2.25. The number of nitrogens with one attached hydrogen (secondary N) is 1. The van der Waals surface area contributed by atoms with E-state index in [4.69, 9.17) is 4.74 Å². The second-order valence-electron chi connectivity index (χ2n) is 6.59. The molecule has 1 fully saturated rings. The molecule has 0 aliphatic carbocycles. The van der Waals surface area contributed by atoms with Gasteiger partial charge in [-0.2, -0.15) is 0 Å². The third kappa shape index (κ3) is 3.75. The van der Waals surface area contributed by atoms with Crippen molar-refractivity contribution in [1.82, 2.24) is 5.32 Å². The molecule has 2 heteroatoms. The first-order chi connectivity index (χ1) is 12.4. The van der Waals surface area contributed by atoms with Gasteiger partial charge in [0.15, 0.2) is 0 Å². The molecule has 0 saturated carbocycles. The molecule has 0 spiro atoms. The number of hydrogen-bond acceptors (Lipinski definition) is 2. The molecule has 25 heavy (non-hydrogen) atoms. The summed E-state index contributed by atoms with van der Waals surface area (Å²) < 4.78 is 6.44. The molecular weight excluding hydrogens is 306 g/mol. The summed E-state index contributed by atoms with van der Waals surface area (Å²) in [6.07, 6.45) is 1.25. The fraction of sp³-hybridized carbons (Fsp3) is 0.217. The lowest BCUT2D eigenvalue weighted by Crippen LogP contribution is -2.21. The Morgan fingerprint density at radius 1 is 0.760 bits per heavy atom. The van der Waals surface area contributed by atoms with E-state index < -0.39 is 0 Å². The summed E-state index contributed by atoms with van der Waals surface area (Å²) in [5.41, 5.74) is 3.70. The zero-order chi connectivity index (χ0) is 16.9. The molecule has 1 saturated heterocycles. The van der Waals surface area contributed by atoms with Crippen molar-refractivity contribution in [3.63, 3.8) is 0 Å². The Kier molecular flexibility index (Phi) is 4.80. The van der Waals surface area contributed by atoms with Crippen molar-refractivity contribution < 1.29 is 4.74 Å². The molecule has 0 bridgehead atoms. The van der Waals surface area contributed by atoms with Crippen LogP contribution < -0.4 is 10.1 Å². The molecule has 0 radical (unpaired) electrons. The first-order valence-corrected chi connectivity index (χ1v) is 8.98. The zero-order valence-corrected chi connectivity index (χ0v) is 14.3. The summed E-state index contributed by atoms with van der Waals surface area (Å²) >= 11 is 0. The molecule has 1 aliphatic heterocycles. The van der Waals surface area contributed by atoms with E-state index in [0.29, 0.717) is 5.92 Å². The Bertz CT molecular complexity index is 777. The molecule has 3 aromatic carbocycles. The lowest BCUT2D eigenvalue weighted by molar-refractivity contribution is 0.144. The normalized spacial score (nSPS) is 18.0. The second kappa shape index (κ2) is 7.54. The van der Waals surface area contributed by atoms with Gasteiger partial charge in [-0.25, -0.2) is 0 Å². The van der Waals surface area contributed by atoms with Gasteiger partial charge in [-0.1, -0.05) is 72.8 Å². The average Bonchev–Trinajstić information content (AvgIpc) is 3.22. The van der Waals surface area contributed by atoms with Gasteiger partial charge in [0.05, 0.1) is 0 Å². The summed E-state index contributed by atoms with van der Waals surface area (Å²) in [4.78, 5) is 0. The van der Waals surface area contributed by atoms with Crippen LogP contribution in [0.15, 0.2) is 84.9 Å². The maximum absolute atomic E-state index is 6.44. The van der Waals surface area contributed by atoms with Crippen molar-refractivity contribution in [2.75, 3.05) is 13.1 Å². The van der Waals surface area contributed by atoms with E-state index in [0.717, 1.165) is 25.3 Å². The van der Waals surface area contributed by atoms with Crippen molar-refractivity contribution in [2.24, 2.45) is 5.92 Å². The first-order valence-electron chi connectivity index (χ1n) is 8.98. The van der Waals surface area contributed by atoms with Crippen molar-refractivity contribution >= 4 is 0 Å². The molecule has 1 aliphatic rings. The van der Waals surface area contributed by atoms with E-state index in [1.165, 1.54) is 16.7 Å². The highest BCUT2D eigenvalue weighted by atomic mass is 16.5. The van der Waals surface area contributed by atoms with Crippen molar-refractivity contribution in [3.05, 3.63) is 90.5 Å². The van der Waals surface area contributed by atoms with Gasteiger partial charge >= 0.3 is 0 Å². The predicted molar refractivity (Wildman–Crippen MR) is 103 cm³/mol. The number of ether oxygens (including phenoxy) is 1. The maximum Gasteiger partial charge on any atom is 0.128 e. The van der Waals surface area contributed by atoms with E-state index >= 15 is 0 Å². The van der Waals surface area contributed by atoms with Crippen molar-refractivity contribution in [2.45, 2.75) is 12.5 Å². The van der Waals surface area contributed by atoms with E-state index in [1.807, 2.05) is 6.07 Å². The Hall–Kier alpha value is -2.58. The first kappa shape index (κ1) is 15.9. The standard InChI is InChI=1S/C23H23NO/c1-3-7-18(8-4-1)19-11-13-22(14-12-19)25-23(21-15-16-24-17-21)20-9-5-2-6-10-20/h1-14,21,23-24H,15-17H2/t21-,23-/m0/s1. The zero-order valence-electron chi connectivity index (χ0n) is 14.3. The van der Waals surface area contributed by atoms with Crippen LogP contribution in [0.1, 0.15) is 18.1 Å². The minimum Gasteiger partial charge on any atom is -0.485 e. The minimum atomic E-state index is 0.0961. The fourth-order valence-corrected chi connectivity index (χ4v) is 3.52. The largest absolute Gasteiger partial charge is 0.485 e. The van der Waals surface area contributed by atoms with Gasteiger partial charge in [0, 0.05) is 12.5 Å². The molecule has 1 N–H and O–H groups in total. The quantitative estimate of drug-likeness (QED) is 0.704. The third-order valence-electron chi connectivity index (χ3n) is 4.88. The predicted octanol–water partition coefficient (Wildman–Crippen LogP) is 5.08. The number of rotatable bonds is 5. The molecule has 2 nitrogen and oxygen atoms in total. The number of benzene rings is 3. The van der Waals surface area contributed by atoms with E-state index in [-0.39, 0.29) is 6.10 Å². The smallest absolute Gasteiger partial charge is 0.128 e. The average molecular weight is 329 g/mol. The van der Waals surface area contributed by atoms with Crippen LogP contribution in [0.3, 0.4) is 0 Å². The van der Waals surface area contributed by atoms with Crippen LogP contribution in [0.4, 0.5) is 0 Å². The second-order valence-corrected chi connectivity index (χ2v) is 6.59. The summed E-state index contributed by atoms with van der Waals surface area (Å²) in [7, 11) is 0. The summed E-state index contributed by atoms with van der Waals surface area (Å²) in [6.45, 7) is 2.09. The molecule has 4 rings (SSSR count). The van der Waals surface area contributed by atoms with Crippen molar-refractivity contribution in [3.8, 4) is 16.9 Å².